The van der Waals surface area contributed by atoms with Gasteiger partial charge >= 0.3 is 5.97 Å². The van der Waals surface area contributed by atoms with Crippen LogP contribution in [0.25, 0.3) is 0 Å². The highest BCUT2D eigenvalue weighted by Crippen LogP contribution is 2.13. The summed E-state index contributed by atoms with van der Waals surface area (Å²) in [7, 11) is 0. The van der Waals surface area contributed by atoms with Crippen molar-refractivity contribution in [2.24, 2.45) is 0 Å². The standard InChI is InChI=1S/C9H12FN3O2/c1-5(3-7(14)15)13-9-8(10)6(2)11-4-12-9/h4-5H,3H2,1-2H3,(H,14,15)(H,11,12,13). The fourth-order valence-electron chi connectivity index (χ4n) is 1.10. The van der Waals surface area contributed by atoms with Gasteiger partial charge in [0.25, 0.3) is 0 Å². The second-order valence-electron chi connectivity index (χ2n) is 3.26. The molecule has 82 valence electrons. The molecule has 0 bridgehead atoms. The molecule has 0 saturated heterocycles. The van der Waals surface area contributed by atoms with Crippen LogP contribution in [-0.4, -0.2) is 27.1 Å². The van der Waals surface area contributed by atoms with Crippen molar-refractivity contribution in [3.8, 4) is 0 Å². The molecule has 1 atom stereocenters. The Balaban J connectivity index is 2.72. The first-order valence-electron chi connectivity index (χ1n) is 4.46. The number of nitrogens with zero attached hydrogens (tertiary/aromatic N) is 2. The van der Waals surface area contributed by atoms with Crippen LogP contribution in [0.3, 0.4) is 0 Å². The molecular formula is C9H12FN3O2. The quantitative estimate of drug-likeness (QED) is 0.786. The zero-order chi connectivity index (χ0) is 11.4. The zero-order valence-corrected chi connectivity index (χ0v) is 8.49. The van der Waals surface area contributed by atoms with Crippen LogP contribution in [0.15, 0.2) is 6.33 Å². The van der Waals surface area contributed by atoms with Gasteiger partial charge in [0.2, 0.25) is 0 Å². The molecule has 1 unspecified atom stereocenters. The maximum atomic E-state index is 13.4. The van der Waals surface area contributed by atoms with Crippen LogP contribution in [0, 0.1) is 12.7 Å². The van der Waals surface area contributed by atoms with Crippen molar-refractivity contribution in [2.75, 3.05) is 5.32 Å². The van der Waals surface area contributed by atoms with E-state index < -0.39 is 11.8 Å². The van der Waals surface area contributed by atoms with Gasteiger partial charge < -0.3 is 10.4 Å². The van der Waals surface area contributed by atoms with Crippen molar-refractivity contribution < 1.29 is 14.3 Å². The summed E-state index contributed by atoms with van der Waals surface area (Å²) in [5.74, 6) is -1.45. The molecule has 1 rings (SSSR count). The highest BCUT2D eigenvalue weighted by Gasteiger charge is 2.12. The Morgan fingerprint density at radius 3 is 2.93 bits per heavy atom. The maximum Gasteiger partial charge on any atom is 0.305 e. The molecule has 0 aliphatic carbocycles. The third kappa shape index (κ3) is 3.16. The molecule has 5 nitrogen and oxygen atoms in total. The van der Waals surface area contributed by atoms with Crippen molar-refractivity contribution in [1.82, 2.24) is 9.97 Å². The van der Waals surface area contributed by atoms with Crippen molar-refractivity contribution >= 4 is 11.8 Å². The number of hydrogen-bond donors (Lipinski definition) is 2. The number of nitrogens with one attached hydrogen (secondary N) is 1. The first-order chi connectivity index (χ1) is 7.00. The van der Waals surface area contributed by atoms with Gasteiger partial charge in [-0.1, -0.05) is 0 Å². The summed E-state index contributed by atoms with van der Waals surface area (Å²) in [6.45, 7) is 3.16. The Kier molecular flexibility index (Phi) is 3.54. The van der Waals surface area contributed by atoms with Gasteiger partial charge in [-0.15, -0.1) is 0 Å². The third-order valence-electron chi connectivity index (χ3n) is 1.83. The molecule has 6 heteroatoms. The molecular weight excluding hydrogens is 201 g/mol. The molecule has 1 heterocycles. The molecule has 0 radical (unpaired) electrons. The minimum atomic E-state index is -0.943. The second-order valence-corrected chi connectivity index (χ2v) is 3.26. The average molecular weight is 213 g/mol. The molecule has 1 aromatic rings. The summed E-state index contributed by atoms with van der Waals surface area (Å²) in [5, 5.41) is 11.2. The predicted molar refractivity (Wildman–Crippen MR) is 52.1 cm³/mol. The maximum absolute atomic E-state index is 13.4. The van der Waals surface area contributed by atoms with Crippen LogP contribution in [0.4, 0.5) is 10.2 Å². The second kappa shape index (κ2) is 4.68. The van der Waals surface area contributed by atoms with E-state index in [2.05, 4.69) is 15.3 Å². The molecule has 0 aliphatic heterocycles. The highest BCUT2D eigenvalue weighted by atomic mass is 19.1. The number of carbonyl (C=O) groups is 1. The fourth-order valence-corrected chi connectivity index (χ4v) is 1.10. The number of halogens is 1. The van der Waals surface area contributed by atoms with E-state index in [9.17, 15) is 9.18 Å². The molecule has 0 fully saturated rings. The lowest BCUT2D eigenvalue weighted by molar-refractivity contribution is -0.137. The van der Waals surface area contributed by atoms with Gasteiger partial charge in [0.1, 0.15) is 6.33 Å². The van der Waals surface area contributed by atoms with Gasteiger partial charge in [-0.3, -0.25) is 4.79 Å². The fraction of sp³-hybridized carbons (Fsp3) is 0.444. The monoisotopic (exact) mass is 213 g/mol. The van der Waals surface area contributed by atoms with E-state index in [1.807, 2.05) is 0 Å². The molecule has 0 aromatic carbocycles. The smallest absolute Gasteiger partial charge is 0.305 e. The van der Waals surface area contributed by atoms with Crippen LogP contribution in [0.2, 0.25) is 0 Å². The molecule has 1 aromatic heterocycles. The van der Waals surface area contributed by atoms with E-state index in [-0.39, 0.29) is 24.0 Å². The predicted octanol–water partition coefficient (Wildman–Crippen LogP) is 1.20. The lowest BCUT2D eigenvalue weighted by atomic mass is 10.2. The van der Waals surface area contributed by atoms with Crippen molar-refractivity contribution in [2.45, 2.75) is 26.3 Å². The van der Waals surface area contributed by atoms with E-state index in [1.165, 1.54) is 13.3 Å². The largest absolute Gasteiger partial charge is 0.481 e. The Bertz CT molecular complexity index is 370. The molecule has 0 saturated carbocycles. The molecule has 2 N–H and O–H groups in total. The highest BCUT2D eigenvalue weighted by molar-refractivity contribution is 5.68. The number of hydrogen-bond acceptors (Lipinski definition) is 4. The topological polar surface area (TPSA) is 75.1 Å². The lowest BCUT2D eigenvalue weighted by Crippen LogP contribution is -2.21. The number of aryl methyl sites for hydroxylation is 1. The Hall–Kier alpha value is -1.72. The van der Waals surface area contributed by atoms with Crippen LogP contribution in [0.5, 0.6) is 0 Å². The Labute approximate surface area is 86.4 Å². The molecule has 0 aliphatic rings. The van der Waals surface area contributed by atoms with E-state index in [0.29, 0.717) is 0 Å². The number of anilines is 1. The van der Waals surface area contributed by atoms with Gasteiger partial charge in [-0.25, -0.2) is 14.4 Å². The molecule has 15 heavy (non-hydrogen) atoms. The van der Waals surface area contributed by atoms with Crippen molar-refractivity contribution in [3.63, 3.8) is 0 Å². The van der Waals surface area contributed by atoms with Gasteiger partial charge in [0.05, 0.1) is 12.1 Å². The summed E-state index contributed by atoms with van der Waals surface area (Å²) >= 11 is 0. The number of rotatable bonds is 4. The van der Waals surface area contributed by atoms with E-state index >= 15 is 0 Å². The SMILES string of the molecule is Cc1ncnc(NC(C)CC(=O)O)c1F. The van der Waals surface area contributed by atoms with Crippen LogP contribution in [0.1, 0.15) is 19.0 Å². The zero-order valence-electron chi connectivity index (χ0n) is 8.49. The summed E-state index contributed by atoms with van der Waals surface area (Å²) in [4.78, 5) is 17.7. The third-order valence-corrected chi connectivity index (χ3v) is 1.83. The number of carboxylic acids is 1. The number of aromatic nitrogens is 2. The first-order valence-corrected chi connectivity index (χ1v) is 4.46. The van der Waals surface area contributed by atoms with Crippen LogP contribution >= 0.6 is 0 Å². The van der Waals surface area contributed by atoms with Crippen LogP contribution < -0.4 is 5.32 Å². The Morgan fingerprint density at radius 1 is 1.67 bits per heavy atom. The minimum Gasteiger partial charge on any atom is -0.481 e. The van der Waals surface area contributed by atoms with Gasteiger partial charge in [-0.2, -0.15) is 0 Å². The molecule has 0 spiro atoms. The van der Waals surface area contributed by atoms with Crippen molar-refractivity contribution in [3.05, 3.63) is 17.8 Å². The van der Waals surface area contributed by atoms with E-state index in [0.717, 1.165) is 0 Å². The normalized spacial score (nSPS) is 12.2. The van der Waals surface area contributed by atoms with Gasteiger partial charge in [0.15, 0.2) is 11.6 Å². The molecule has 0 amide bonds. The summed E-state index contributed by atoms with van der Waals surface area (Å²) < 4.78 is 13.4. The van der Waals surface area contributed by atoms with Gasteiger partial charge in [-0.05, 0) is 13.8 Å². The van der Waals surface area contributed by atoms with Crippen molar-refractivity contribution in [1.29, 1.82) is 0 Å². The van der Waals surface area contributed by atoms with Crippen LogP contribution in [-0.2, 0) is 4.79 Å². The average Bonchev–Trinajstić information content (AvgIpc) is 2.11. The number of carboxylic acid groups (broad SMARTS) is 1. The summed E-state index contributed by atoms with van der Waals surface area (Å²) in [6, 6.07) is -0.383. The van der Waals surface area contributed by atoms with E-state index in [1.54, 1.807) is 6.92 Å². The van der Waals surface area contributed by atoms with E-state index in [4.69, 9.17) is 5.11 Å². The minimum absolute atomic E-state index is 0.0382. The Morgan fingerprint density at radius 2 is 2.33 bits per heavy atom. The summed E-state index contributed by atoms with van der Waals surface area (Å²) in [6.07, 6.45) is 1.14. The lowest BCUT2D eigenvalue weighted by Gasteiger charge is -2.12. The number of aliphatic carboxylic acids is 1. The van der Waals surface area contributed by atoms with Gasteiger partial charge in [0, 0.05) is 6.04 Å². The first kappa shape index (κ1) is 11.4. The summed E-state index contributed by atoms with van der Waals surface area (Å²) in [5.41, 5.74) is 0.232.